The molecular formula is C25H27N3O4S. The molecule has 3 aromatic carbocycles. The van der Waals surface area contributed by atoms with Gasteiger partial charge in [0.05, 0.1) is 4.90 Å². The lowest BCUT2D eigenvalue weighted by Gasteiger charge is -2.19. The first-order valence-electron chi connectivity index (χ1n) is 10.4. The zero-order chi connectivity index (χ0) is 24.0. The van der Waals surface area contributed by atoms with Crippen LogP contribution in [0.5, 0.6) is 0 Å². The molecule has 2 amide bonds. The summed E-state index contributed by atoms with van der Waals surface area (Å²) in [6.45, 7) is 2.17. The van der Waals surface area contributed by atoms with Crippen molar-refractivity contribution in [3.8, 4) is 0 Å². The van der Waals surface area contributed by atoms with Crippen LogP contribution in [-0.4, -0.2) is 39.2 Å². The molecule has 0 aliphatic rings. The van der Waals surface area contributed by atoms with E-state index in [9.17, 15) is 18.0 Å². The SMILES string of the molecule is CNC(=O)c1ccc(CN(C)C(=O)c2ccc(C)c(S(=O)(=O)NCc3ccccc3)c2)cc1. The topological polar surface area (TPSA) is 95.6 Å². The molecule has 172 valence electrons. The number of benzene rings is 3. The second kappa shape index (κ2) is 10.4. The first-order chi connectivity index (χ1) is 15.7. The van der Waals surface area contributed by atoms with Crippen LogP contribution >= 0.6 is 0 Å². The van der Waals surface area contributed by atoms with E-state index in [2.05, 4.69) is 10.0 Å². The number of sulfonamides is 1. The number of carbonyl (C=O) groups is 2. The predicted octanol–water partition coefficient (Wildman–Crippen LogP) is 3.11. The quantitative estimate of drug-likeness (QED) is 0.534. The molecule has 0 heterocycles. The summed E-state index contributed by atoms with van der Waals surface area (Å²) in [5.74, 6) is -0.481. The third-order valence-corrected chi connectivity index (χ3v) is 6.79. The standard InChI is InChI=1S/C25H27N3O4S/c1-18-9-12-22(15-23(18)33(31,32)27-16-19-7-5-4-6-8-19)25(30)28(3)17-20-10-13-21(14-11-20)24(29)26-2/h4-15,27H,16-17H2,1-3H3,(H,26,29). The molecule has 0 aliphatic carbocycles. The maximum absolute atomic E-state index is 13.0. The maximum atomic E-state index is 13.0. The Morgan fingerprint density at radius 2 is 1.52 bits per heavy atom. The van der Waals surface area contributed by atoms with Crippen LogP contribution < -0.4 is 10.0 Å². The van der Waals surface area contributed by atoms with Crippen LogP contribution in [-0.2, 0) is 23.1 Å². The average Bonchev–Trinajstić information content (AvgIpc) is 2.83. The lowest BCUT2D eigenvalue weighted by atomic mass is 10.1. The third-order valence-electron chi connectivity index (χ3n) is 5.24. The Morgan fingerprint density at radius 1 is 0.879 bits per heavy atom. The minimum atomic E-state index is -3.80. The van der Waals surface area contributed by atoms with Crippen LogP contribution in [0.4, 0.5) is 0 Å². The Hall–Kier alpha value is -3.49. The first kappa shape index (κ1) is 24.2. The summed E-state index contributed by atoms with van der Waals surface area (Å²) in [7, 11) is -0.589. The van der Waals surface area contributed by atoms with Crippen molar-refractivity contribution >= 4 is 21.8 Å². The van der Waals surface area contributed by atoms with Gasteiger partial charge < -0.3 is 10.2 Å². The number of aryl methyl sites for hydroxylation is 1. The van der Waals surface area contributed by atoms with Crippen LogP contribution in [0.25, 0.3) is 0 Å². The van der Waals surface area contributed by atoms with Crippen molar-refractivity contribution in [1.29, 1.82) is 0 Å². The fourth-order valence-corrected chi connectivity index (χ4v) is 4.63. The summed E-state index contributed by atoms with van der Waals surface area (Å²) < 4.78 is 28.4. The van der Waals surface area contributed by atoms with E-state index in [0.717, 1.165) is 11.1 Å². The smallest absolute Gasteiger partial charge is 0.253 e. The molecule has 3 rings (SSSR count). The van der Waals surface area contributed by atoms with Gasteiger partial charge in [0.1, 0.15) is 0 Å². The van der Waals surface area contributed by atoms with Gasteiger partial charge in [-0.25, -0.2) is 13.1 Å². The minimum absolute atomic E-state index is 0.0765. The largest absolute Gasteiger partial charge is 0.355 e. The molecule has 0 atom stereocenters. The molecule has 7 nitrogen and oxygen atoms in total. The maximum Gasteiger partial charge on any atom is 0.253 e. The van der Waals surface area contributed by atoms with E-state index < -0.39 is 10.0 Å². The summed E-state index contributed by atoms with van der Waals surface area (Å²) in [4.78, 5) is 26.2. The van der Waals surface area contributed by atoms with Crippen molar-refractivity contribution in [3.05, 3.63) is 101 Å². The van der Waals surface area contributed by atoms with Gasteiger partial charge in [0.2, 0.25) is 10.0 Å². The zero-order valence-electron chi connectivity index (χ0n) is 18.8. The monoisotopic (exact) mass is 465 g/mol. The van der Waals surface area contributed by atoms with E-state index in [4.69, 9.17) is 0 Å². The van der Waals surface area contributed by atoms with Crippen LogP contribution in [0, 0.1) is 6.92 Å². The van der Waals surface area contributed by atoms with E-state index >= 15 is 0 Å². The second-order valence-corrected chi connectivity index (χ2v) is 9.46. The highest BCUT2D eigenvalue weighted by molar-refractivity contribution is 7.89. The van der Waals surface area contributed by atoms with Crippen LogP contribution in [0.3, 0.4) is 0 Å². The zero-order valence-corrected chi connectivity index (χ0v) is 19.6. The number of amides is 2. The lowest BCUT2D eigenvalue weighted by Crippen LogP contribution is -2.28. The van der Waals surface area contributed by atoms with Gasteiger partial charge in [0, 0.05) is 38.3 Å². The first-order valence-corrected chi connectivity index (χ1v) is 11.9. The van der Waals surface area contributed by atoms with Gasteiger partial charge in [-0.1, -0.05) is 48.5 Å². The highest BCUT2D eigenvalue weighted by Gasteiger charge is 2.20. The summed E-state index contributed by atoms with van der Waals surface area (Å²) in [5.41, 5.74) is 3.06. The number of nitrogens with one attached hydrogen (secondary N) is 2. The van der Waals surface area contributed by atoms with Gasteiger partial charge in [-0.05, 0) is 47.9 Å². The summed E-state index contributed by atoms with van der Waals surface area (Å²) >= 11 is 0. The Labute approximate surface area is 194 Å². The Balaban J connectivity index is 1.74. The minimum Gasteiger partial charge on any atom is -0.355 e. The molecule has 2 N–H and O–H groups in total. The van der Waals surface area contributed by atoms with Gasteiger partial charge in [-0.3, -0.25) is 9.59 Å². The molecule has 3 aromatic rings. The summed E-state index contributed by atoms with van der Waals surface area (Å²) in [6.07, 6.45) is 0. The van der Waals surface area contributed by atoms with E-state index in [1.807, 2.05) is 30.3 Å². The van der Waals surface area contributed by atoms with E-state index in [1.165, 1.54) is 11.0 Å². The van der Waals surface area contributed by atoms with Gasteiger partial charge in [0.15, 0.2) is 0 Å². The molecule has 8 heteroatoms. The summed E-state index contributed by atoms with van der Waals surface area (Å²) in [5, 5.41) is 2.56. The highest BCUT2D eigenvalue weighted by atomic mass is 32.2. The Morgan fingerprint density at radius 3 is 2.15 bits per heavy atom. The third kappa shape index (κ3) is 6.06. The molecule has 0 unspecified atom stereocenters. The van der Waals surface area contributed by atoms with Crippen molar-refractivity contribution in [2.75, 3.05) is 14.1 Å². The molecule has 0 radical (unpaired) electrons. The van der Waals surface area contributed by atoms with Crippen molar-refractivity contribution in [2.24, 2.45) is 0 Å². The fourth-order valence-electron chi connectivity index (χ4n) is 3.35. The average molecular weight is 466 g/mol. The number of carbonyl (C=O) groups excluding carboxylic acids is 2. The van der Waals surface area contributed by atoms with Crippen molar-refractivity contribution in [1.82, 2.24) is 14.9 Å². The Bertz CT molecular complexity index is 1240. The molecule has 33 heavy (non-hydrogen) atoms. The molecule has 0 saturated carbocycles. The number of hydrogen-bond donors (Lipinski definition) is 2. The lowest BCUT2D eigenvalue weighted by molar-refractivity contribution is 0.0784. The number of nitrogens with zero attached hydrogens (tertiary/aromatic N) is 1. The Kier molecular flexibility index (Phi) is 7.63. The second-order valence-electron chi connectivity index (χ2n) is 7.73. The summed E-state index contributed by atoms with van der Waals surface area (Å²) in [6, 6.07) is 20.9. The normalized spacial score (nSPS) is 11.1. The van der Waals surface area contributed by atoms with Crippen molar-refractivity contribution in [2.45, 2.75) is 24.9 Å². The molecule has 0 spiro atoms. The molecule has 0 fully saturated rings. The molecule has 0 aliphatic heterocycles. The number of hydrogen-bond acceptors (Lipinski definition) is 4. The highest BCUT2D eigenvalue weighted by Crippen LogP contribution is 2.19. The fraction of sp³-hybridized carbons (Fsp3) is 0.200. The van der Waals surface area contributed by atoms with Crippen LogP contribution in [0.1, 0.15) is 37.4 Å². The van der Waals surface area contributed by atoms with E-state index in [-0.39, 0.29) is 28.8 Å². The molecule has 0 aromatic heterocycles. The van der Waals surface area contributed by atoms with Gasteiger partial charge in [-0.15, -0.1) is 0 Å². The molecular weight excluding hydrogens is 438 g/mol. The van der Waals surface area contributed by atoms with E-state index in [0.29, 0.717) is 17.7 Å². The molecule has 0 saturated heterocycles. The van der Waals surface area contributed by atoms with Crippen molar-refractivity contribution in [3.63, 3.8) is 0 Å². The van der Waals surface area contributed by atoms with Gasteiger partial charge in [0.25, 0.3) is 11.8 Å². The van der Waals surface area contributed by atoms with Gasteiger partial charge >= 0.3 is 0 Å². The van der Waals surface area contributed by atoms with E-state index in [1.54, 1.807) is 57.4 Å². The molecule has 0 bridgehead atoms. The van der Waals surface area contributed by atoms with Crippen molar-refractivity contribution < 1.29 is 18.0 Å². The van der Waals surface area contributed by atoms with Crippen LogP contribution in [0.2, 0.25) is 0 Å². The number of rotatable bonds is 8. The van der Waals surface area contributed by atoms with Crippen LogP contribution in [0.15, 0.2) is 77.7 Å². The van der Waals surface area contributed by atoms with Gasteiger partial charge in [-0.2, -0.15) is 0 Å². The predicted molar refractivity (Wildman–Crippen MR) is 127 cm³/mol.